The molecule has 0 radical (unpaired) electrons. The molecule has 3 rings (SSSR count). The lowest BCUT2D eigenvalue weighted by atomic mass is 10.1. The number of sulfonamides is 1. The van der Waals surface area contributed by atoms with Crippen LogP contribution < -0.4 is 10.0 Å². The molecular weight excluding hydrogens is 471 g/mol. The molecule has 2 aromatic heterocycles. The highest BCUT2D eigenvalue weighted by Crippen LogP contribution is 2.24. The van der Waals surface area contributed by atoms with Crippen molar-refractivity contribution in [3.8, 4) is 0 Å². The number of aromatic nitrogens is 2. The third kappa shape index (κ3) is 7.28. The maximum atomic E-state index is 15.0. The third-order valence-corrected chi connectivity index (χ3v) is 6.66. The van der Waals surface area contributed by atoms with Crippen LogP contribution in [0.4, 0.5) is 18.9 Å². The number of nitrogens with zero attached hydrogens (tertiary/aromatic N) is 3. The summed E-state index contributed by atoms with van der Waals surface area (Å²) < 4.78 is 70.5. The van der Waals surface area contributed by atoms with Crippen molar-refractivity contribution in [1.82, 2.24) is 19.2 Å². The van der Waals surface area contributed by atoms with Crippen LogP contribution in [0.1, 0.15) is 49.8 Å². The van der Waals surface area contributed by atoms with E-state index < -0.39 is 50.8 Å². The topological polar surface area (TPSA) is 96.3 Å². The summed E-state index contributed by atoms with van der Waals surface area (Å²) in [6, 6.07) is 2.61. The molecule has 34 heavy (non-hydrogen) atoms. The van der Waals surface area contributed by atoms with Crippen molar-refractivity contribution in [2.24, 2.45) is 7.05 Å². The predicted molar refractivity (Wildman–Crippen MR) is 124 cm³/mol. The van der Waals surface area contributed by atoms with Crippen molar-refractivity contribution in [3.63, 3.8) is 0 Å². The van der Waals surface area contributed by atoms with E-state index in [9.17, 15) is 22.0 Å². The third-order valence-electron chi connectivity index (χ3n) is 5.16. The Bertz CT molecular complexity index is 1090. The van der Waals surface area contributed by atoms with E-state index in [4.69, 9.17) is 0 Å². The number of carbonyl (C=O) groups is 1. The smallest absolute Gasteiger partial charge is 0.275 e. The Morgan fingerprint density at radius 1 is 1.26 bits per heavy atom. The van der Waals surface area contributed by atoms with Crippen LogP contribution in [0.3, 0.4) is 0 Å². The average molecular weight is 504 g/mol. The number of hydrogen-bond donors (Lipinski definition) is 2. The van der Waals surface area contributed by atoms with Gasteiger partial charge >= 0.3 is 0 Å². The van der Waals surface area contributed by atoms with Gasteiger partial charge in [-0.3, -0.25) is 14.7 Å². The summed E-state index contributed by atoms with van der Waals surface area (Å²) >= 11 is 0. The molecule has 1 fully saturated rings. The number of aryl methyl sites for hydroxylation is 2. The Labute approximate surface area is 198 Å². The second-order valence-corrected chi connectivity index (χ2v) is 9.83. The largest absolute Gasteiger partial charge is 0.343 e. The van der Waals surface area contributed by atoms with Gasteiger partial charge in [0.1, 0.15) is 10.6 Å². The summed E-state index contributed by atoms with van der Waals surface area (Å²) in [6.07, 6.45) is 3.16. The second-order valence-electron chi connectivity index (χ2n) is 8.15. The van der Waals surface area contributed by atoms with Crippen molar-refractivity contribution in [1.29, 1.82) is 0 Å². The molecule has 0 spiro atoms. The number of rotatable bonds is 7. The van der Waals surface area contributed by atoms with Crippen molar-refractivity contribution in [2.45, 2.75) is 57.4 Å². The maximum Gasteiger partial charge on any atom is 0.275 e. The Kier molecular flexibility index (Phi) is 9.26. The van der Waals surface area contributed by atoms with Crippen LogP contribution in [0.15, 0.2) is 29.4 Å². The molecule has 8 nitrogen and oxygen atoms in total. The van der Waals surface area contributed by atoms with Gasteiger partial charge in [-0.2, -0.15) is 0 Å². The van der Waals surface area contributed by atoms with Gasteiger partial charge in [0.05, 0.1) is 6.54 Å². The van der Waals surface area contributed by atoms with E-state index in [1.165, 1.54) is 19.3 Å². The number of nitrogens with one attached hydrogen (secondary N) is 2. The fraction of sp³-hybridized carbons (Fsp3) is 0.545. The number of anilines is 1. The first-order valence-electron chi connectivity index (χ1n) is 11.1. The molecule has 1 aliphatic heterocycles. The molecule has 0 aliphatic carbocycles. The van der Waals surface area contributed by atoms with Gasteiger partial charge in [0.2, 0.25) is 10.0 Å². The van der Waals surface area contributed by atoms with Crippen LogP contribution in [0, 0.1) is 12.7 Å². The number of amides is 1. The molecule has 0 atom stereocenters. The lowest BCUT2D eigenvalue weighted by molar-refractivity contribution is -0.0201. The summed E-state index contributed by atoms with van der Waals surface area (Å²) in [7, 11) is -2.89. The van der Waals surface area contributed by atoms with Gasteiger partial charge in [-0.1, -0.05) is 13.8 Å². The van der Waals surface area contributed by atoms with Crippen molar-refractivity contribution in [3.05, 3.63) is 41.7 Å². The first kappa shape index (κ1) is 27.8. The van der Waals surface area contributed by atoms with Gasteiger partial charge in [-0.05, 0) is 45.0 Å². The van der Waals surface area contributed by atoms with Gasteiger partial charge in [0.15, 0.2) is 5.82 Å². The molecule has 1 aliphatic rings. The average Bonchev–Trinajstić information content (AvgIpc) is 3.05. The summed E-state index contributed by atoms with van der Waals surface area (Å²) in [5, 5.41) is 2.53. The lowest BCUT2D eigenvalue weighted by Gasteiger charge is -2.33. The van der Waals surface area contributed by atoms with Crippen LogP contribution in [0.2, 0.25) is 0 Å². The molecule has 2 N–H and O–H groups in total. The van der Waals surface area contributed by atoms with E-state index in [1.54, 1.807) is 17.9 Å². The highest BCUT2D eigenvalue weighted by atomic mass is 32.2. The summed E-state index contributed by atoms with van der Waals surface area (Å²) in [5.41, 5.74) is 0.617. The zero-order valence-electron chi connectivity index (χ0n) is 20.0. The minimum absolute atomic E-state index is 0.299. The Hall–Kier alpha value is -2.44. The summed E-state index contributed by atoms with van der Waals surface area (Å²) in [6.45, 7) is 6.77. The number of alkyl halides is 2. The van der Waals surface area contributed by atoms with Crippen LogP contribution in [-0.4, -0.2) is 60.4 Å². The Morgan fingerprint density at radius 3 is 2.44 bits per heavy atom. The zero-order chi connectivity index (χ0) is 25.7. The van der Waals surface area contributed by atoms with E-state index in [2.05, 4.69) is 15.0 Å². The van der Waals surface area contributed by atoms with E-state index in [-0.39, 0.29) is 0 Å². The summed E-state index contributed by atoms with van der Waals surface area (Å²) in [4.78, 5) is 17.5. The monoisotopic (exact) mass is 503 g/mol. The molecule has 3 heterocycles. The quantitative estimate of drug-likeness (QED) is 0.603. The van der Waals surface area contributed by atoms with Crippen LogP contribution in [0.5, 0.6) is 0 Å². The van der Waals surface area contributed by atoms with E-state index in [1.807, 2.05) is 13.8 Å². The van der Waals surface area contributed by atoms with Gasteiger partial charge in [-0.15, -0.1) is 0 Å². The lowest BCUT2D eigenvalue weighted by Crippen LogP contribution is -2.47. The number of carbonyl (C=O) groups excluding carboxylic acids is 1. The molecular formula is C22H32F3N5O3S. The molecule has 2 aromatic rings. The van der Waals surface area contributed by atoms with Gasteiger partial charge in [0.25, 0.3) is 11.8 Å². The highest BCUT2D eigenvalue weighted by Gasteiger charge is 2.33. The van der Waals surface area contributed by atoms with Crippen molar-refractivity contribution in [2.75, 3.05) is 25.0 Å². The van der Waals surface area contributed by atoms with Crippen molar-refractivity contribution >= 4 is 21.6 Å². The number of hydrogen-bond acceptors (Lipinski definition) is 5. The van der Waals surface area contributed by atoms with E-state index >= 15 is 4.39 Å². The van der Waals surface area contributed by atoms with E-state index in [0.717, 1.165) is 17.7 Å². The number of piperidine rings is 1. The SMILES string of the molecule is CC.Cc1cc(NC(=O)c2c(F)c(S(=O)(=O)NC3CCN(CC(C)(F)F)CC3)cn2C)ccn1. The highest BCUT2D eigenvalue weighted by molar-refractivity contribution is 7.89. The molecule has 190 valence electrons. The Morgan fingerprint density at radius 2 is 1.88 bits per heavy atom. The second kappa shape index (κ2) is 11.3. The standard InChI is InChI=1S/C20H26F3N5O3S.C2H6/c1-13-10-15(4-7-24-13)25-19(29)18-17(21)16(11-27(18)3)32(30,31)26-14-5-8-28(9-6-14)12-20(2,22)23;1-2/h4,7,10-11,14,26H,5-6,8-9,12H2,1-3H3,(H,24,25,29);1-2H3. The Balaban J connectivity index is 0.00000199. The number of halogens is 3. The first-order chi connectivity index (χ1) is 15.9. The summed E-state index contributed by atoms with van der Waals surface area (Å²) in [5.74, 6) is -4.79. The molecule has 1 amide bonds. The molecule has 0 unspecified atom stereocenters. The normalized spacial score (nSPS) is 15.5. The van der Waals surface area contributed by atoms with Gasteiger partial charge in [-0.25, -0.2) is 26.3 Å². The first-order valence-corrected chi connectivity index (χ1v) is 12.6. The minimum Gasteiger partial charge on any atom is -0.343 e. The fourth-order valence-corrected chi connectivity index (χ4v) is 5.14. The van der Waals surface area contributed by atoms with Gasteiger partial charge in [0, 0.05) is 43.8 Å². The minimum atomic E-state index is -4.26. The fourth-order valence-electron chi connectivity index (χ4n) is 3.71. The zero-order valence-corrected chi connectivity index (χ0v) is 20.8. The number of likely N-dealkylation sites (tertiary alicyclic amines) is 1. The molecule has 0 aromatic carbocycles. The molecule has 0 saturated carbocycles. The maximum absolute atomic E-state index is 15.0. The molecule has 12 heteroatoms. The van der Waals surface area contributed by atoms with Crippen LogP contribution in [-0.2, 0) is 17.1 Å². The molecule has 1 saturated heterocycles. The van der Waals surface area contributed by atoms with Crippen LogP contribution in [0.25, 0.3) is 0 Å². The van der Waals surface area contributed by atoms with Gasteiger partial charge < -0.3 is 9.88 Å². The van der Waals surface area contributed by atoms with Crippen LogP contribution >= 0.6 is 0 Å². The molecule has 0 bridgehead atoms. The van der Waals surface area contributed by atoms with E-state index in [0.29, 0.717) is 37.3 Å². The van der Waals surface area contributed by atoms with Crippen molar-refractivity contribution < 1.29 is 26.4 Å². The predicted octanol–water partition coefficient (Wildman–Crippen LogP) is 3.54. The number of pyridine rings is 1.